The van der Waals surface area contributed by atoms with Gasteiger partial charge in [-0.05, 0) is 24.6 Å². The Morgan fingerprint density at radius 2 is 2.07 bits per heavy atom. The van der Waals surface area contributed by atoms with Crippen molar-refractivity contribution in [2.75, 3.05) is 6.54 Å². The minimum Gasteiger partial charge on any atom is -0.507 e. The van der Waals surface area contributed by atoms with Crippen LogP contribution < -0.4 is 11.5 Å². The molecule has 5 heteroatoms. The lowest BCUT2D eigenvalue weighted by atomic mass is 10.0. The summed E-state index contributed by atoms with van der Waals surface area (Å²) < 4.78 is 12.9. The van der Waals surface area contributed by atoms with E-state index in [2.05, 4.69) is 0 Å². The molecule has 0 saturated carbocycles. The standard InChI is InChI=1S/C9H13FN2O.ClH/c1-5-2-6(10)3-7(9(5)13)8(12)4-11;/h2-3,8,13H,4,11-12H2,1H3;1H/t8-;/m0./s1. The van der Waals surface area contributed by atoms with Gasteiger partial charge in [0.15, 0.2) is 0 Å². The first-order chi connectivity index (χ1) is 6.06. The Morgan fingerprint density at radius 3 is 2.57 bits per heavy atom. The van der Waals surface area contributed by atoms with Crippen LogP contribution in [0.25, 0.3) is 0 Å². The first-order valence-electron chi connectivity index (χ1n) is 4.01. The van der Waals surface area contributed by atoms with Gasteiger partial charge in [-0.2, -0.15) is 0 Å². The predicted octanol–water partition coefficient (Wildman–Crippen LogP) is 1.22. The molecule has 0 aromatic heterocycles. The average Bonchev–Trinajstić information content (AvgIpc) is 2.10. The highest BCUT2D eigenvalue weighted by atomic mass is 35.5. The van der Waals surface area contributed by atoms with Crippen LogP contribution in [0.2, 0.25) is 0 Å². The van der Waals surface area contributed by atoms with E-state index in [-0.39, 0.29) is 24.7 Å². The predicted molar refractivity (Wildman–Crippen MR) is 56.0 cm³/mol. The summed E-state index contributed by atoms with van der Waals surface area (Å²) in [6.07, 6.45) is 0. The molecule has 1 aromatic rings. The fourth-order valence-corrected chi connectivity index (χ4v) is 1.17. The number of phenolic OH excluding ortho intramolecular Hbond substituents is 1. The van der Waals surface area contributed by atoms with Crippen LogP contribution in [0.5, 0.6) is 5.75 Å². The van der Waals surface area contributed by atoms with Crippen LogP contribution >= 0.6 is 12.4 Å². The molecule has 0 aliphatic heterocycles. The molecule has 1 aromatic carbocycles. The molecule has 0 bridgehead atoms. The lowest BCUT2D eigenvalue weighted by Crippen LogP contribution is -2.21. The van der Waals surface area contributed by atoms with Crippen molar-refractivity contribution in [2.24, 2.45) is 11.5 Å². The number of hydrogen-bond donors (Lipinski definition) is 3. The smallest absolute Gasteiger partial charge is 0.124 e. The summed E-state index contributed by atoms with van der Waals surface area (Å²) in [6, 6.07) is 1.94. The normalized spacial score (nSPS) is 12.0. The third-order valence-corrected chi connectivity index (χ3v) is 1.95. The van der Waals surface area contributed by atoms with Gasteiger partial charge in [0.1, 0.15) is 11.6 Å². The fraction of sp³-hybridized carbons (Fsp3) is 0.333. The maximum Gasteiger partial charge on any atom is 0.124 e. The highest BCUT2D eigenvalue weighted by molar-refractivity contribution is 5.85. The molecule has 0 amide bonds. The van der Waals surface area contributed by atoms with Gasteiger partial charge in [0.05, 0.1) is 0 Å². The lowest BCUT2D eigenvalue weighted by Gasteiger charge is -2.12. The van der Waals surface area contributed by atoms with Crippen LogP contribution in [0.15, 0.2) is 12.1 Å². The van der Waals surface area contributed by atoms with E-state index >= 15 is 0 Å². The van der Waals surface area contributed by atoms with Crippen molar-refractivity contribution in [3.8, 4) is 5.75 Å². The molecule has 0 spiro atoms. The van der Waals surface area contributed by atoms with Crippen LogP contribution in [0.1, 0.15) is 17.2 Å². The fourth-order valence-electron chi connectivity index (χ4n) is 1.17. The van der Waals surface area contributed by atoms with Crippen LogP contribution in [0, 0.1) is 12.7 Å². The SMILES string of the molecule is Cc1cc(F)cc([C@@H](N)CN)c1O.Cl. The number of benzene rings is 1. The average molecular weight is 221 g/mol. The topological polar surface area (TPSA) is 72.3 Å². The summed E-state index contributed by atoms with van der Waals surface area (Å²) in [5, 5.41) is 9.52. The molecule has 0 aliphatic carbocycles. The molecule has 80 valence electrons. The summed E-state index contributed by atoms with van der Waals surface area (Å²) in [4.78, 5) is 0. The zero-order chi connectivity index (χ0) is 10.0. The van der Waals surface area contributed by atoms with Crippen molar-refractivity contribution >= 4 is 12.4 Å². The maximum absolute atomic E-state index is 12.9. The summed E-state index contributed by atoms with van der Waals surface area (Å²) >= 11 is 0. The number of rotatable bonds is 2. The van der Waals surface area contributed by atoms with Crippen LogP contribution in [-0.4, -0.2) is 11.7 Å². The molecule has 3 nitrogen and oxygen atoms in total. The Hall–Kier alpha value is -0.840. The third-order valence-electron chi connectivity index (χ3n) is 1.95. The number of halogens is 2. The molecular formula is C9H14ClFN2O. The molecule has 0 fully saturated rings. The number of hydrogen-bond acceptors (Lipinski definition) is 3. The molecule has 0 saturated heterocycles. The minimum atomic E-state index is -0.519. The first-order valence-corrected chi connectivity index (χ1v) is 4.01. The Bertz CT molecular complexity index is 320. The van der Waals surface area contributed by atoms with Gasteiger partial charge >= 0.3 is 0 Å². The summed E-state index contributed by atoms with van der Waals surface area (Å²) in [7, 11) is 0. The number of phenols is 1. The van der Waals surface area contributed by atoms with Crippen molar-refractivity contribution in [3.63, 3.8) is 0 Å². The molecule has 1 atom stereocenters. The van der Waals surface area contributed by atoms with Gasteiger partial charge in [-0.3, -0.25) is 0 Å². The molecule has 0 unspecified atom stereocenters. The van der Waals surface area contributed by atoms with Crippen LogP contribution in [0.4, 0.5) is 4.39 Å². The molecule has 0 heterocycles. The Kier molecular flexibility index (Phi) is 4.83. The van der Waals surface area contributed by atoms with Crippen molar-refractivity contribution in [1.82, 2.24) is 0 Å². The van der Waals surface area contributed by atoms with Crippen molar-refractivity contribution < 1.29 is 9.50 Å². The Morgan fingerprint density at radius 1 is 1.50 bits per heavy atom. The van der Waals surface area contributed by atoms with Crippen LogP contribution in [0.3, 0.4) is 0 Å². The van der Waals surface area contributed by atoms with E-state index in [1.54, 1.807) is 6.92 Å². The highest BCUT2D eigenvalue weighted by Crippen LogP contribution is 2.27. The zero-order valence-corrected chi connectivity index (χ0v) is 8.64. The summed E-state index contributed by atoms with van der Waals surface area (Å²) in [5.74, 6) is -0.381. The van der Waals surface area contributed by atoms with E-state index in [9.17, 15) is 9.50 Å². The van der Waals surface area contributed by atoms with Gasteiger partial charge in [0.2, 0.25) is 0 Å². The monoisotopic (exact) mass is 220 g/mol. The van der Waals surface area contributed by atoms with E-state index in [0.717, 1.165) is 0 Å². The third kappa shape index (κ3) is 2.57. The quantitative estimate of drug-likeness (QED) is 0.702. The largest absolute Gasteiger partial charge is 0.507 e. The van der Waals surface area contributed by atoms with E-state index < -0.39 is 11.9 Å². The number of aromatic hydroxyl groups is 1. The summed E-state index contributed by atoms with van der Waals surface area (Å²) in [5.41, 5.74) is 11.7. The number of nitrogens with two attached hydrogens (primary N) is 2. The van der Waals surface area contributed by atoms with E-state index in [4.69, 9.17) is 11.5 Å². The van der Waals surface area contributed by atoms with Gasteiger partial charge in [0, 0.05) is 18.2 Å². The summed E-state index contributed by atoms with van der Waals surface area (Å²) in [6.45, 7) is 1.79. The van der Waals surface area contributed by atoms with Crippen molar-refractivity contribution in [2.45, 2.75) is 13.0 Å². The minimum absolute atomic E-state index is 0. The van der Waals surface area contributed by atoms with Crippen molar-refractivity contribution in [1.29, 1.82) is 0 Å². The van der Waals surface area contributed by atoms with Gasteiger partial charge in [0.25, 0.3) is 0 Å². The molecular weight excluding hydrogens is 207 g/mol. The van der Waals surface area contributed by atoms with E-state index in [0.29, 0.717) is 11.1 Å². The molecule has 0 radical (unpaired) electrons. The van der Waals surface area contributed by atoms with E-state index in [1.165, 1.54) is 12.1 Å². The molecule has 0 aliphatic rings. The highest BCUT2D eigenvalue weighted by Gasteiger charge is 2.12. The molecule has 5 N–H and O–H groups in total. The van der Waals surface area contributed by atoms with Gasteiger partial charge in [-0.25, -0.2) is 4.39 Å². The first kappa shape index (κ1) is 13.2. The molecule has 14 heavy (non-hydrogen) atoms. The second-order valence-corrected chi connectivity index (χ2v) is 3.00. The maximum atomic E-state index is 12.9. The second-order valence-electron chi connectivity index (χ2n) is 3.00. The van der Waals surface area contributed by atoms with Gasteiger partial charge in [-0.15, -0.1) is 12.4 Å². The zero-order valence-electron chi connectivity index (χ0n) is 7.83. The van der Waals surface area contributed by atoms with Crippen LogP contribution in [-0.2, 0) is 0 Å². The van der Waals surface area contributed by atoms with Gasteiger partial charge < -0.3 is 16.6 Å². The molecule has 1 rings (SSSR count). The van der Waals surface area contributed by atoms with E-state index in [1.807, 2.05) is 0 Å². The second kappa shape index (κ2) is 5.14. The van der Waals surface area contributed by atoms with Gasteiger partial charge in [-0.1, -0.05) is 0 Å². The van der Waals surface area contributed by atoms with Crippen molar-refractivity contribution in [3.05, 3.63) is 29.1 Å². The Labute approximate surface area is 88.3 Å². The number of aryl methyl sites for hydroxylation is 1. The Balaban J connectivity index is 0.00000169. The lowest BCUT2D eigenvalue weighted by molar-refractivity contribution is 0.454.